The van der Waals surface area contributed by atoms with Crippen LogP contribution in [0.25, 0.3) is 5.69 Å². The van der Waals surface area contributed by atoms with Crippen LogP contribution in [0.1, 0.15) is 36.4 Å². The summed E-state index contributed by atoms with van der Waals surface area (Å²) in [6, 6.07) is 9.14. The maximum absolute atomic E-state index is 11.5. The lowest BCUT2D eigenvalue weighted by Gasteiger charge is -2.32. The lowest BCUT2D eigenvalue weighted by Crippen LogP contribution is -2.33. The van der Waals surface area contributed by atoms with Gasteiger partial charge in [-0.3, -0.25) is 0 Å². The zero-order chi connectivity index (χ0) is 25.6. The summed E-state index contributed by atoms with van der Waals surface area (Å²) in [6.45, 7) is 3.95. The van der Waals surface area contributed by atoms with Gasteiger partial charge in [0.1, 0.15) is 24.5 Å². The van der Waals surface area contributed by atoms with Gasteiger partial charge in [0, 0.05) is 30.5 Å². The Balaban J connectivity index is 1.12. The molecule has 11 nitrogen and oxygen atoms in total. The molecule has 0 saturated carbocycles. The van der Waals surface area contributed by atoms with Crippen LogP contribution in [-0.4, -0.2) is 56.0 Å². The highest BCUT2D eigenvalue weighted by Crippen LogP contribution is 2.35. The Labute approximate surface area is 222 Å². The fourth-order valence-electron chi connectivity index (χ4n) is 3.99. The highest BCUT2D eigenvalue weighted by atomic mass is 35.5. The van der Waals surface area contributed by atoms with E-state index < -0.39 is 6.16 Å². The SMILES string of the molecule is CCOC(=O)Oc1cnc(N2CCC(c3nc(COc4ccc(-n5cnnn5)cc4)cs3)CC2)c(Cl)c1. The lowest BCUT2D eigenvalue weighted by atomic mass is 9.97. The van der Waals surface area contributed by atoms with Gasteiger partial charge in [0.25, 0.3) is 0 Å². The molecular formula is C24H24ClN7O4S. The molecule has 4 aromatic rings. The Kier molecular flexibility index (Phi) is 7.76. The van der Waals surface area contributed by atoms with Gasteiger partial charge in [-0.15, -0.1) is 16.4 Å². The van der Waals surface area contributed by atoms with E-state index in [4.69, 9.17) is 30.8 Å². The molecule has 0 N–H and O–H groups in total. The molecule has 0 radical (unpaired) electrons. The molecule has 1 aliphatic heterocycles. The summed E-state index contributed by atoms with van der Waals surface area (Å²) in [5.74, 6) is 2.05. The molecular weight excluding hydrogens is 518 g/mol. The number of nitrogens with zero attached hydrogens (tertiary/aromatic N) is 7. The first-order valence-corrected chi connectivity index (χ1v) is 13.0. The number of carbonyl (C=O) groups is 1. The molecule has 13 heteroatoms. The highest BCUT2D eigenvalue weighted by molar-refractivity contribution is 7.09. The molecule has 1 aromatic carbocycles. The van der Waals surface area contributed by atoms with E-state index in [2.05, 4.69) is 30.8 Å². The van der Waals surface area contributed by atoms with Crippen LogP contribution in [0.2, 0.25) is 5.02 Å². The Morgan fingerprint density at radius 1 is 1.19 bits per heavy atom. The van der Waals surface area contributed by atoms with Crippen molar-refractivity contribution in [2.75, 3.05) is 24.6 Å². The van der Waals surface area contributed by atoms with Gasteiger partial charge in [0.15, 0.2) is 5.75 Å². The molecule has 1 aliphatic rings. The first kappa shape index (κ1) is 24.9. The molecule has 37 heavy (non-hydrogen) atoms. The summed E-state index contributed by atoms with van der Waals surface area (Å²) in [5.41, 5.74) is 1.77. The molecule has 0 spiro atoms. The highest BCUT2D eigenvalue weighted by Gasteiger charge is 2.25. The third-order valence-electron chi connectivity index (χ3n) is 5.81. The predicted octanol–water partition coefficient (Wildman–Crippen LogP) is 4.67. The quantitative estimate of drug-likeness (QED) is 0.291. The van der Waals surface area contributed by atoms with Gasteiger partial charge in [-0.1, -0.05) is 11.6 Å². The second kappa shape index (κ2) is 11.5. The van der Waals surface area contributed by atoms with Gasteiger partial charge in [-0.25, -0.2) is 19.4 Å². The largest absolute Gasteiger partial charge is 0.513 e. The number of carbonyl (C=O) groups excluding carboxylic acids is 1. The van der Waals surface area contributed by atoms with Crippen LogP contribution in [-0.2, 0) is 11.3 Å². The number of rotatable bonds is 8. The number of halogens is 1. The minimum atomic E-state index is -0.777. The van der Waals surface area contributed by atoms with Crippen LogP contribution >= 0.6 is 22.9 Å². The van der Waals surface area contributed by atoms with Gasteiger partial charge in [0.05, 0.1) is 34.2 Å². The second-order valence-corrected chi connectivity index (χ2v) is 9.53. The minimum Gasteiger partial charge on any atom is -0.487 e. The van der Waals surface area contributed by atoms with E-state index in [1.807, 2.05) is 24.3 Å². The molecule has 0 amide bonds. The van der Waals surface area contributed by atoms with E-state index in [-0.39, 0.29) is 12.4 Å². The van der Waals surface area contributed by atoms with Crippen molar-refractivity contribution in [3.63, 3.8) is 0 Å². The summed E-state index contributed by atoms with van der Waals surface area (Å²) >= 11 is 8.10. The normalized spacial score (nSPS) is 13.9. The number of piperidine rings is 1. The zero-order valence-corrected chi connectivity index (χ0v) is 21.6. The number of thiazole rings is 1. The van der Waals surface area contributed by atoms with E-state index in [1.165, 1.54) is 6.20 Å². The molecule has 1 fully saturated rings. The monoisotopic (exact) mass is 541 g/mol. The first-order valence-electron chi connectivity index (χ1n) is 11.7. The Hall–Kier alpha value is -3.77. The molecule has 0 bridgehead atoms. The maximum atomic E-state index is 11.5. The molecule has 0 aliphatic carbocycles. The number of tetrazole rings is 1. The number of benzene rings is 1. The Morgan fingerprint density at radius 2 is 2.00 bits per heavy atom. The summed E-state index contributed by atoms with van der Waals surface area (Å²) in [4.78, 5) is 22.9. The van der Waals surface area contributed by atoms with Crippen molar-refractivity contribution in [2.24, 2.45) is 0 Å². The fraction of sp³-hybridized carbons (Fsp3) is 0.333. The van der Waals surface area contributed by atoms with Crippen LogP contribution in [0.15, 0.2) is 48.2 Å². The first-order chi connectivity index (χ1) is 18.1. The third-order valence-corrected chi connectivity index (χ3v) is 7.14. The number of aromatic nitrogens is 6. The lowest BCUT2D eigenvalue weighted by molar-refractivity contribution is 0.104. The van der Waals surface area contributed by atoms with Crippen molar-refractivity contribution < 1.29 is 19.0 Å². The van der Waals surface area contributed by atoms with Gasteiger partial charge >= 0.3 is 6.16 Å². The van der Waals surface area contributed by atoms with E-state index in [0.717, 1.165) is 48.1 Å². The van der Waals surface area contributed by atoms with Gasteiger partial charge in [-0.2, -0.15) is 0 Å². The second-order valence-electron chi connectivity index (χ2n) is 8.24. The average molecular weight is 542 g/mol. The van der Waals surface area contributed by atoms with Crippen LogP contribution < -0.4 is 14.4 Å². The van der Waals surface area contributed by atoms with Crippen molar-refractivity contribution >= 4 is 34.9 Å². The standard InChI is InChI=1S/C24H24ClN7O4S/c1-2-34-24(33)36-20-11-21(25)22(26-12-20)31-9-7-16(8-10-31)23-28-17(14-37-23)13-35-19-5-3-18(4-6-19)32-15-27-29-30-32/h3-6,11-12,14-16H,2,7-10,13H2,1H3. The maximum Gasteiger partial charge on any atom is 0.513 e. The van der Waals surface area contributed by atoms with Crippen LogP contribution in [0.4, 0.5) is 10.6 Å². The predicted molar refractivity (Wildman–Crippen MR) is 137 cm³/mol. The van der Waals surface area contributed by atoms with Crippen LogP contribution in [0, 0.1) is 0 Å². The number of hydrogen-bond donors (Lipinski definition) is 0. The summed E-state index contributed by atoms with van der Waals surface area (Å²) < 4.78 is 17.4. The molecule has 0 atom stereocenters. The van der Waals surface area contributed by atoms with Crippen LogP contribution in [0.5, 0.6) is 11.5 Å². The molecule has 0 unspecified atom stereocenters. The van der Waals surface area contributed by atoms with Gasteiger partial charge < -0.3 is 19.1 Å². The van der Waals surface area contributed by atoms with Crippen molar-refractivity contribution in [1.82, 2.24) is 30.2 Å². The van der Waals surface area contributed by atoms with Crippen molar-refractivity contribution in [2.45, 2.75) is 32.3 Å². The number of ether oxygens (including phenoxy) is 3. The van der Waals surface area contributed by atoms with E-state index in [9.17, 15) is 4.79 Å². The smallest absolute Gasteiger partial charge is 0.487 e. The van der Waals surface area contributed by atoms with Gasteiger partial charge in [-0.05, 0) is 54.5 Å². The third kappa shape index (κ3) is 6.15. The Morgan fingerprint density at radius 3 is 2.70 bits per heavy atom. The van der Waals surface area contributed by atoms with Crippen molar-refractivity contribution in [3.8, 4) is 17.2 Å². The van der Waals surface area contributed by atoms with Crippen LogP contribution in [0.3, 0.4) is 0 Å². The minimum absolute atomic E-state index is 0.234. The summed E-state index contributed by atoms with van der Waals surface area (Å²) in [6.07, 6.45) is 4.12. The van der Waals surface area contributed by atoms with Gasteiger partial charge in [0.2, 0.25) is 0 Å². The average Bonchev–Trinajstić information content (AvgIpc) is 3.61. The number of hydrogen-bond acceptors (Lipinski definition) is 11. The molecule has 3 aromatic heterocycles. The topological polar surface area (TPSA) is 117 Å². The summed E-state index contributed by atoms with van der Waals surface area (Å²) in [5, 5.41) is 14.8. The Bertz CT molecular complexity index is 1330. The fourth-order valence-corrected chi connectivity index (χ4v) is 5.24. The zero-order valence-electron chi connectivity index (χ0n) is 20.0. The van der Waals surface area contributed by atoms with Crippen molar-refractivity contribution in [1.29, 1.82) is 0 Å². The number of pyridine rings is 1. The summed E-state index contributed by atoms with van der Waals surface area (Å²) in [7, 11) is 0. The molecule has 1 saturated heterocycles. The van der Waals surface area contributed by atoms with Crippen molar-refractivity contribution in [3.05, 3.63) is 64.0 Å². The van der Waals surface area contributed by atoms with E-state index >= 15 is 0 Å². The molecule has 5 rings (SSSR count). The molecule has 4 heterocycles. The number of anilines is 1. The molecule has 192 valence electrons. The van der Waals surface area contributed by atoms with E-state index in [1.54, 1.807) is 35.3 Å². The van der Waals surface area contributed by atoms with E-state index in [0.29, 0.717) is 23.4 Å².